The predicted molar refractivity (Wildman–Crippen MR) is 84.6 cm³/mol. The number of ether oxygens (including phenoxy) is 2. The minimum atomic E-state index is -0.150. The molecule has 0 atom stereocenters. The zero-order valence-corrected chi connectivity index (χ0v) is 13.4. The molecule has 3 nitrogen and oxygen atoms in total. The summed E-state index contributed by atoms with van der Waals surface area (Å²) in [7, 11) is 0. The van der Waals surface area contributed by atoms with Crippen LogP contribution in [-0.4, -0.2) is 19.0 Å². The Labute approximate surface area is 136 Å². The second-order valence-electron chi connectivity index (χ2n) is 4.64. The highest BCUT2D eigenvalue weighted by Crippen LogP contribution is 2.36. The molecule has 3 rings (SSSR count). The Morgan fingerprint density at radius 2 is 1.71 bits per heavy atom. The lowest BCUT2D eigenvalue weighted by Crippen LogP contribution is -2.04. The molecule has 0 spiro atoms. The van der Waals surface area contributed by atoms with Gasteiger partial charge in [0, 0.05) is 28.1 Å². The summed E-state index contributed by atoms with van der Waals surface area (Å²) in [5, 5.41) is 0.361. The van der Waals surface area contributed by atoms with E-state index in [1.54, 1.807) is 18.2 Å². The monoisotopic (exact) mass is 366 g/mol. The van der Waals surface area contributed by atoms with Crippen molar-refractivity contribution in [1.29, 1.82) is 0 Å². The lowest BCUT2D eigenvalue weighted by Gasteiger charge is -2.11. The van der Waals surface area contributed by atoms with Crippen LogP contribution in [0.2, 0.25) is 5.02 Å². The second-order valence-corrected chi connectivity index (χ2v) is 5.90. The van der Waals surface area contributed by atoms with Crippen molar-refractivity contribution >= 4 is 33.3 Å². The molecule has 0 aliphatic carbocycles. The van der Waals surface area contributed by atoms with Crippen molar-refractivity contribution in [2.75, 3.05) is 13.2 Å². The van der Waals surface area contributed by atoms with Gasteiger partial charge in [-0.15, -0.1) is 0 Å². The number of carbonyl (C=O) groups excluding carboxylic acids is 1. The summed E-state index contributed by atoms with van der Waals surface area (Å²) >= 11 is 9.63. The summed E-state index contributed by atoms with van der Waals surface area (Å²) in [6.45, 7) is 1.15. The van der Waals surface area contributed by atoms with E-state index in [4.69, 9.17) is 21.1 Å². The summed E-state index contributed by atoms with van der Waals surface area (Å²) < 4.78 is 11.9. The molecule has 2 aromatic carbocycles. The maximum atomic E-state index is 12.6. The lowest BCUT2D eigenvalue weighted by atomic mass is 10.0. The maximum Gasteiger partial charge on any atom is 0.195 e. The number of rotatable bonds is 2. The number of hydrogen-bond acceptors (Lipinski definition) is 3. The van der Waals surface area contributed by atoms with Crippen molar-refractivity contribution in [2.45, 2.75) is 6.42 Å². The molecular formula is C16H12BrClO3. The molecule has 0 saturated carbocycles. The van der Waals surface area contributed by atoms with E-state index in [-0.39, 0.29) is 5.78 Å². The molecule has 21 heavy (non-hydrogen) atoms. The van der Waals surface area contributed by atoms with E-state index >= 15 is 0 Å². The first-order chi connectivity index (χ1) is 10.2. The number of halogens is 2. The van der Waals surface area contributed by atoms with E-state index in [1.807, 2.05) is 18.2 Å². The van der Waals surface area contributed by atoms with Gasteiger partial charge in [-0.25, -0.2) is 0 Å². The first-order valence-electron chi connectivity index (χ1n) is 6.55. The summed E-state index contributed by atoms with van der Waals surface area (Å²) in [6.07, 6.45) is 0.805. The number of ketones is 1. The summed E-state index contributed by atoms with van der Waals surface area (Å²) in [4.78, 5) is 12.6. The van der Waals surface area contributed by atoms with Crippen LogP contribution in [0.4, 0.5) is 0 Å². The Bertz CT molecular complexity index is 700. The van der Waals surface area contributed by atoms with Gasteiger partial charge in [-0.2, -0.15) is 0 Å². The topological polar surface area (TPSA) is 35.5 Å². The number of benzene rings is 2. The Kier molecular flexibility index (Phi) is 4.17. The highest BCUT2D eigenvalue weighted by atomic mass is 79.9. The van der Waals surface area contributed by atoms with Gasteiger partial charge < -0.3 is 9.47 Å². The highest BCUT2D eigenvalue weighted by Gasteiger charge is 2.20. The molecule has 0 amide bonds. The van der Waals surface area contributed by atoms with Gasteiger partial charge in [-0.1, -0.05) is 39.7 Å². The molecule has 1 aliphatic heterocycles. The van der Waals surface area contributed by atoms with Crippen LogP contribution >= 0.6 is 27.5 Å². The minimum Gasteiger partial charge on any atom is -0.490 e. The van der Waals surface area contributed by atoms with E-state index in [2.05, 4.69) is 15.9 Å². The van der Waals surface area contributed by atoms with Crippen molar-refractivity contribution in [3.05, 3.63) is 57.0 Å². The molecular weight excluding hydrogens is 356 g/mol. The van der Waals surface area contributed by atoms with Gasteiger partial charge in [0.2, 0.25) is 0 Å². The van der Waals surface area contributed by atoms with E-state index in [0.717, 1.165) is 10.9 Å². The zero-order chi connectivity index (χ0) is 14.8. The molecule has 0 N–H and O–H groups in total. The number of hydrogen-bond donors (Lipinski definition) is 0. The van der Waals surface area contributed by atoms with Gasteiger partial charge in [0.15, 0.2) is 17.3 Å². The highest BCUT2D eigenvalue weighted by molar-refractivity contribution is 9.10. The predicted octanol–water partition coefficient (Wildman–Crippen LogP) is 4.49. The van der Waals surface area contributed by atoms with Crippen LogP contribution in [0.1, 0.15) is 22.3 Å². The van der Waals surface area contributed by atoms with Crippen LogP contribution < -0.4 is 9.47 Å². The van der Waals surface area contributed by atoms with Gasteiger partial charge in [-0.3, -0.25) is 4.79 Å². The third-order valence-electron chi connectivity index (χ3n) is 3.20. The van der Waals surface area contributed by atoms with Gasteiger partial charge >= 0.3 is 0 Å². The summed E-state index contributed by atoms with van der Waals surface area (Å²) in [5.74, 6) is 0.997. The second kappa shape index (κ2) is 6.08. The minimum absolute atomic E-state index is 0.150. The zero-order valence-electron chi connectivity index (χ0n) is 11.1. The van der Waals surface area contributed by atoms with Crippen molar-refractivity contribution < 1.29 is 14.3 Å². The third kappa shape index (κ3) is 2.92. The van der Waals surface area contributed by atoms with Crippen LogP contribution in [0.3, 0.4) is 0 Å². The average Bonchev–Trinajstić information content (AvgIpc) is 2.71. The van der Waals surface area contributed by atoms with E-state index in [0.29, 0.717) is 40.9 Å². The Hall–Kier alpha value is -1.52. The molecule has 0 aromatic heterocycles. The van der Waals surface area contributed by atoms with Gasteiger partial charge in [0.25, 0.3) is 0 Å². The molecule has 5 heteroatoms. The van der Waals surface area contributed by atoms with Gasteiger partial charge in [0.1, 0.15) is 0 Å². The van der Waals surface area contributed by atoms with Crippen LogP contribution in [0, 0.1) is 0 Å². The first-order valence-corrected chi connectivity index (χ1v) is 7.72. The van der Waals surface area contributed by atoms with E-state index in [1.165, 1.54) is 0 Å². The fourth-order valence-corrected chi connectivity index (χ4v) is 2.85. The van der Waals surface area contributed by atoms with Crippen LogP contribution in [0.25, 0.3) is 0 Å². The first kappa shape index (κ1) is 14.4. The molecule has 0 unspecified atom stereocenters. The van der Waals surface area contributed by atoms with E-state index < -0.39 is 0 Å². The molecule has 108 valence electrons. The third-order valence-corrected chi connectivity index (χ3v) is 4.20. The van der Waals surface area contributed by atoms with Crippen molar-refractivity contribution in [2.24, 2.45) is 0 Å². The number of fused-ring (bicyclic) bond motifs is 1. The molecule has 2 aromatic rings. The fraction of sp³-hybridized carbons (Fsp3) is 0.188. The van der Waals surface area contributed by atoms with E-state index in [9.17, 15) is 4.79 Å². The SMILES string of the molecule is O=C(c1cc2c(cc1Cl)OCCCO2)c1ccccc1Br. The smallest absolute Gasteiger partial charge is 0.195 e. The summed E-state index contributed by atoms with van der Waals surface area (Å²) in [6, 6.07) is 10.6. The largest absolute Gasteiger partial charge is 0.490 e. The quantitative estimate of drug-likeness (QED) is 0.733. The Morgan fingerprint density at radius 3 is 2.43 bits per heavy atom. The van der Waals surface area contributed by atoms with Crippen LogP contribution in [0.5, 0.6) is 11.5 Å². The van der Waals surface area contributed by atoms with Crippen LogP contribution in [0.15, 0.2) is 40.9 Å². The standard InChI is InChI=1S/C16H12BrClO3/c17-12-5-2-1-4-10(12)16(19)11-8-14-15(9-13(11)18)21-7-3-6-20-14/h1-2,4-5,8-9H,3,6-7H2. The lowest BCUT2D eigenvalue weighted by molar-refractivity contribution is 0.103. The molecule has 0 radical (unpaired) electrons. The van der Waals surface area contributed by atoms with Crippen LogP contribution in [-0.2, 0) is 0 Å². The molecule has 1 aliphatic rings. The average molecular weight is 368 g/mol. The van der Waals surface area contributed by atoms with Crippen molar-refractivity contribution in [3.63, 3.8) is 0 Å². The Balaban J connectivity index is 2.05. The fourth-order valence-electron chi connectivity index (χ4n) is 2.15. The van der Waals surface area contributed by atoms with Gasteiger partial charge in [0.05, 0.1) is 18.2 Å². The van der Waals surface area contributed by atoms with Crippen molar-refractivity contribution in [3.8, 4) is 11.5 Å². The van der Waals surface area contributed by atoms with Gasteiger partial charge in [-0.05, 0) is 18.2 Å². The van der Waals surface area contributed by atoms with Crippen molar-refractivity contribution in [1.82, 2.24) is 0 Å². The summed E-state index contributed by atoms with van der Waals surface area (Å²) in [5.41, 5.74) is 0.974. The maximum absolute atomic E-state index is 12.6. The molecule has 0 fully saturated rings. The Morgan fingerprint density at radius 1 is 1.05 bits per heavy atom. The molecule has 1 heterocycles. The normalized spacial score (nSPS) is 13.6. The molecule has 0 saturated heterocycles. The number of carbonyl (C=O) groups is 1. The molecule has 0 bridgehead atoms.